The molecule has 8 saturated carbocycles. The van der Waals surface area contributed by atoms with Gasteiger partial charge in [0.15, 0.2) is 0 Å². The van der Waals surface area contributed by atoms with E-state index in [0.29, 0.717) is 142 Å². The number of hydrogen-bond acceptors (Lipinski definition) is 8. The first-order chi connectivity index (χ1) is 44.2. The molecule has 8 rings (SSSR count). The van der Waals surface area contributed by atoms with Gasteiger partial charge in [0.25, 0.3) is 0 Å². The molecule has 0 aromatic carbocycles. The van der Waals surface area contributed by atoms with Gasteiger partial charge >= 0.3 is 0 Å². The third-order valence-electron chi connectivity index (χ3n) is 26.6. The first-order valence-electron chi connectivity index (χ1n) is 38.9. The normalized spacial score (nSPS) is 42.2. The summed E-state index contributed by atoms with van der Waals surface area (Å²) >= 11 is 0. The lowest BCUT2D eigenvalue weighted by molar-refractivity contribution is 0.0106. The van der Waals surface area contributed by atoms with E-state index in [2.05, 4.69) is 212 Å². The van der Waals surface area contributed by atoms with Crippen LogP contribution in [0.5, 0.6) is 0 Å². The summed E-state index contributed by atoms with van der Waals surface area (Å²) in [5.41, 5.74) is 9.80. The summed E-state index contributed by atoms with van der Waals surface area (Å²) in [4.78, 5) is 0. The molecular formula is C89H164O8. The average molecular weight is 1360 g/mol. The van der Waals surface area contributed by atoms with Gasteiger partial charge in [0.2, 0.25) is 0 Å². The van der Waals surface area contributed by atoms with E-state index in [1.165, 1.54) is 64.7 Å². The maximum absolute atomic E-state index is 9.92. The van der Waals surface area contributed by atoms with Crippen LogP contribution >= 0.6 is 0 Å². The predicted octanol–water partition coefficient (Wildman–Crippen LogP) is 21.5. The Morgan fingerprint density at radius 3 is 1.13 bits per heavy atom. The Morgan fingerprint density at radius 1 is 0.237 bits per heavy atom. The minimum Gasteiger partial charge on any atom is -0.393 e. The molecule has 8 nitrogen and oxygen atoms in total. The van der Waals surface area contributed by atoms with Gasteiger partial charge in [-0.3, -0.25) is 0 Å². The van der Waals surface area contributed by atoms with Crippen LogP contribution in [0.4, 0.5) is 0 Å². The predicted molar refractivity (Wildman–Crippen MR) is 422 cm³/mol. The van der Waals surface area contributed by atoms with Crippen molar-refractivity contribution >= 4 is 0 Å². The Labute approximate surface area is 602 Å². The zero-order valence-corrected chi connectivity index (χ0v) is 67.0. The van der Waals surface area contributed by atoms with Crippen LogP contribution in [0.1, 0.15) is 276 Å². The molecule has 0 amide bonds. The van der Waals surface area contributed by atoms with Gasteiger partial charge in [-0.2, -0.15) is 0 Å². The van der Waals surface area contributed by atoms with Gasteiger partial charge in [-0.1, -0.05) is 215 Å². The van der Waals surface area contributed by atoms with Crippen molar-refractivity contribution in [1.82, 2.24) is 0 Å². The first-order valence-corrected chi connectivity index (χ1v) is 38.9. The third-order valence-corrected chi connectivity index (χ3v) is 26.6. The molecule has 97 heavy (non-hydrogen) atoms. The van der Waals surface area contributed by atoms with E-state index < -0.39 is 0 Å². The number of aliphatic hydroxyl groups is 8. The quantitative estimate of drug-likeness (QED) is 0.111. The highest BCUT2D eigenvalue weighted by Crippen LogP contribution is 2.44. The van der Waals surface area contributed by atoms with Crippen molar-refractivity contribution in [2.24, 2.45) is 142 Å². The molecule has 32 unspecified atom stereocenters. The second-order valence-corrected chi connectivity index (χ2v) is 35.1. The molecule has 0 bridgehead atoms. The van der Waals surface area contributed by atoms with Crippen molar-refractivity contribution in [3.05, 3.63) is 97.2 Å². The molecular weight excluding hydrogens is 1200 g/mol. The maximum atomic E-state index is 9.92. The molecule has 8 aliphatic carbocycles. The van der Waals surface area contributed by atoms with Crippen molar-refractivity contribution in [2.75, 3.05) is 0 Å². The lowest BCUT2D eigenvalue weighted by Gasteiger charge is -2.38. The Kier molecular flexibility index (Phi) is 43.9. The Hall–Kier alpha value is -2.40. The second-order valence-electron chi connectivity index (χ2n) is 35.1. The summed E-state index contributed by atoms with van der Waals surface area (Å²) in [5, 5.41) is 77.7. The van der Waals surface area contributed by atoms with E-state index in [4.69, 9.17) is 0 Å². The smallest absolute Gasteiger partial charge is 0.0633 e. The molecule has 8 N–H and O–H groups in total. The monoisotopic (exact) mass is 1360 g/mol. The summed E-state index contributed by atoms with van der Waals surface area (Å²) in [6.45, 7) is 83.4. The molecule has 0 aromatic heterocycles. The topological polar surface area (TPSA) is 162 Å². The van der Waals surface area contributed by atoms with Crippen molar-refractivity contribution < 1.29 is 40.9 Å². The van der Waals surface area contributed by atoms with E-state index in [-0.39, 0.29) is 56.3 Å². The zero-order chi connectivity index (χ0) is 74.4. The maximum Gasteiger partial charge on any atom is 0.0633 e. The van der Waals surface area contributed by atoms with Crippen LogP contribution in [0, 0.1) is 142 Å². The highest BCUT2D eigenvalue weighted by Gasteiger charge is 2.39. The lowest BCUT2D eigenvalue weighted by atomic mass is 9.69. The largest absolute Gasteiger partial charge is 0.393 e. The van der Waals surface area contributed by atoms with Gasteiger partial charge in [-0.25, -0.2) is 0 Å². The summed E-state index contributed by atoms with van der Waals surface area (Å²) < 4.78 is 0. The van der Waals surface area contributed by atoms with E-state index >= 15 is 0 Å². The van der Waals surface area contributed by atoms with Crippen molar-refractivity contribution in [3.8, 4) is 0 Å². The summed E-state index contributed by atoms with van der Waals surface area (Å²) in [5.74, 6) is 12.9. The van der Waals surface area contributed by atoms with Gasteiger partial charge < -0.3 is 40.9 Å². The van der Waals surface area contributed by atoms with E-state index in [1.807, 2.05) is 6.92 Å². The lowest BCUT2D eigenvalue weighted by Crippen LogP contribution is -2.36. The fourth-order valence-corrected chi connectivity index (χ4v) is 18.3. The minimum atomic E-state index is -0.161. The molecule has 568 valence electrons. The fraction of sp³-hybridized carbons (Fsp3) is 0.820. The Bertz CT molecular complexity index is 2180. The van der Waals surface area contributed by atoms with Crippen LogP contribution in [0.15, 0.2) is 97.2 Å². The molecule has 0 radical (unpaired) electrons. The Balaban J connectivity index is 0.00000108. The molecule has 0 aliphatic heterocycles. The highest BCUT2D eigenvalue weighted by molar-refractivity contribution is 5.08. The van der Waals surface area contributed by atoms with Crippen LogP contribution in [-0.4, -0.2) is 89.7 Å². The van der Waals surface area contributed by atoms with Gasteiger partial charge in [0, 0.05) is 5.92 Å². The van der Waals surface area contributed by atoms with Gasteiger partial charge in [0.05, 0.1) is 48.8 Å². The summed E-state index contributed by atoms with van der Waals surface area (Å²) in [6, 6.07) is 0. The van der Waals surface area contributed by atoms with Crippen molar-refractivity contribution in [3.63, 3.8) is 0 Å². The van der Waals surface area contributed by atoms with E-state index in [1.54, 1.807) is 0 Å². The highest BCUT2D eigenvalue weighted by atomic mass is 16.3. The standard InChI is InChI=1S/8C11H20O.CH4/c1-7(2)11-6-10(12)5-8(3)9(11)4;1-7(2)10-5-8(3)9(4)11(12)6-10;1-7(2)10-6-11(12)9(4)5-8(10)3;1-7(2)10-5-8(3)6-11(12)9(10)4;1-7(2)10-5-6-11(12)9(4)8(10)3;1-7(2)11-8(3)5-6-10(12)9(11)4;1-7(2)10-6-5-8(3)11(12)9(10)4;1-7(2)10-6-5-8(3)9(4)11(10)12;/h8*8-12H,1,5-6H2,2-4H3;1H4. The summed E-state index contributed by atoms with van der Waals surface area (Å²) in [7, 11) is 0. The third kappa shape index (κ3) is 30.1. The molecule has 0 heterocycles. The zero-order valence-electron chi connectivity index (χ0n) is 67.0. The van der Waals surface area contributed by atoms with Crippen LogP contribution < -0.4 is 0 Å². The van der Waals surface area contributed by atoms with Gasteiger partial charge in [-0.05, 0) is 294 Å². The van der Waals surface area contributed by atoms with E-state index in [9.17, 15) is 40.9 Å². The molecule has 0 saturated heterocycles. The molecule has 0 spiro atoms. The minimum absolute atomic E-state index is 0. The first kappa shape index (κ1) is 94.6. The number of allylic oxidation sites excluding steroid dienone is 7. The van der Waals surface area contributed by atoms with E-state index in [0.717, 1.165) is 82.6 Å². The van der Waals surface area contributed by atoms with Crippen LogP contribution in [0.25, 0.3) is 0 Å². The number of aliphatic hydroxyl groups excluding tert-OH is 8. The fourth-order valence-electron chi connectivity index (χ4n) is 18.3. The van der Waals surface area contributed by atoms with Gasteiger partial charge in [-0.15, -0.1) is 0 Å². The molecule has 32 atom stereocenters. The molecule has 8 heteroatoms. The van der Waals surface area contributed by atoms with Crippen molar-refractivity contribution in [1.29, 1.82) is 0 Å². The Morgan fingerprint density at radius 2 is 0.660 bits per heavy atom. The molecule has 8 aliphatic rings. The van der Waals surface area contributed by atoms with Crippen LogP contribution in [-0.2, 0) is 0 Å². The average Bonchev–Trinajstić information content (AvgIpc) is 1.03. The second kappa shape index (κ2) is 45.0. The van der Waals surface area contributed by atoms with Crippen LogP contribution in [0.3, 0.4) is 0 Å². The number of hydrogen-bond donors (Lipinski definition) is 8. The molecule has 8 fully saturated rings. The van der Waals surface area contributed by atoms with Gasteiger partial charge in [0.1, 0.15) is 0 Å². The summed E-state index contributed by atoms with van der Waals surface area (Å²) in [6.07, 6.45) is 16.2. The SMILES string of the molecule is C.C=C(C)C1C(C)CCC(O)C1C.C=C(C)C1CC(C)C(C)C(O)C1.C=C(C)C1CC(C)CC(O)C1C.C=C(C)C1CC(O)C(C)CC1C.C=C(C)C1CC(O)CC(C)C1C.C=C(C)C1CCC(C)C(C)C1O.C=C(C)C1CCC(C)C(O)C1C.C=C(C)C1CCC(O)C(C)C1C. The van der Waals surface area contributed by atoms with Crippen molar-refractivity contribution in [2.45, 2.75) is 325 Å². The molecule has 0 aromatic rings. The van der Waals surface area contributed by atoms with Crippen LogP contribution in [0.2, 0.25) is 0 Å². The number of rotatable bonds is 8.